The number of methoxy groups -OCH3 is 1. The Bertz CT molecular complexity index is 1370. The van der Waals surface area contributed by atoms with Gasteiger partial charge in [-0.05, 0) is 36.4 Å². The number of anilines is 2. The summed E-state index contributed by atoms with van der Waals surface area (Å²) >= 11 is 0. The third kappa shape index (κ3) is 4.76. The maximum absolute atomic E-state index is 13.3. The minimum Gasteiger partial charge on any atom is -0.506 e. The highest BCUT2D eigenvalue weighted by molar-refractivity contribution is 7.92. The van der Waals surface area contributed by atoms with Gasteiger partial charge in [0.1, 0.15) is 17.5 Å². The van der Waals surface area contributed by atoms with Gasteiger partial charge in [0, 0.05) is 23.7 Å². The van der Waals surface area contributed by atoms with Crippen LogP contribution in [0.4, 0.5) is 11.4 Å². The van der Waals surface area contributed by atoms with E-state index in [4.69, 9.17) is 4.74 Å². The van der Waals surface area contributed by atoms with Crippen LogP contribution < -0.4 is 14.8 Å². The molecule has 34 heavy (non-hydrogen) atoms. The van der Waals surface area contributed by atoms with Crippen molar-refractivity contribution in [3.63, 3.8) is 0 Å². The molecule has 1 aliphatic heterocycles. The number of rotatable bonds is 6. The molecule has 1 saturated heterocycles. The van der Waals surface area contributed by atoms with Gasteiger partial charge in [-0.2, -0.15) is 0 Å². The zero-order chi connectivity index (χ0) is 24.5. The number of aromatic hydroxyl groups is 1. The van der Waals surface area contributed by atoms with Crippen LogP contribution in [0.25, 0.3) is 10.8 Å². The van der Waals surface area contributed by atoms with Gasteiger partial charge >= 0.3 is 0 Å². The molecule has 0 bridgehead atoms. The van der Waals surface area contributed by atoms with Crippen molar-refractivity contribution in [1.82, 2.24) is 4.90 Å². The number of hydrogen-bond donors (Lipinski definition) is 3. The highest BCUT2D eigenvalue weighted by atomic mass is 32.2. The van der Waals surface area contributed by atoms with E-state index in [2.05, 4.69) is 10.0 Å². The molecule has 3 aromatic carbocycles. The Morgan fingerprint density at radius 2 is 1.88 bits per heavy atom. The number of ether oxygens (including phenoxy) is 1. The van der Waals surface area contributed by atoms with Gasteiger partial charge in [-0.1, -0.05) is 30.3 Å². The number of amides is 2. The molecule has 3 aromatic rings. The lowest BCUT2D eigenvalue weighted by molar-refractivity contribution is -0.119. The summed E-state index contributed by atoms with van der Waals surface area (Å²) < 4.78 is 30.6. The number of hydrogen-bond acceptors (Lipinski definition) is 6. The Hall–Kier alpha value is -3.79. The number of nitrogens with zero attached hydrogens (tertiary/aromatic N) is 1. The van der Waals surface area contributed by atoms with Crippen molar-refractivity contribution in [2.45, 2.75) is 18.9 Å². The Morgan fingerprint density at radius 1 is 1.12 bits per heavy atom. The fourth-order valence-corrected chi connectivity index (χ4v) is 4.71. The lowest BCUT2D eigenvalue weighted by Crippen LogP contribution is -2.43. The smallest absolute Gasteiger partial charge is 0.258 e. The van der Waals surface area contributed by atoms with E-state index in [1.807, 2.05) is 12.1 Å². The molecule has 178 valence electrons. The molecule has 1 unspecified atom stereocenters. The molecule has 0 aliphatic carbocycles. The number of carbonyl (C=O) groups is 2. The Labute approximate surface area is 197 Å². The number of phenols is 1. The minimum absolute atomic E-state index is 0.104. The van der Waals surface area contributed by atoms with Crippen LogP contribution in [0.2, 0.25) is 0 Å². The number of sulfonamides is 1. The summed E-state index contributed by atoms with van der Waals surface area (Å²) in [7, 11) is -2.11. The average molecular weight is 484 g/mol. The van der Waals surface area contributed by atoms with Gasteiger partial charge in [-0.25, -0.2) is 8.42 Å². The lowest BCUT2D eigenvalue weighted by Gasteiger charge is -2.25. The third-order valence-electron chi connectivity index (χ3n) is 5.71. The van der Waals surface area contributed by atoms with E-state index in [-0.39, 0.29) is 28.7 Å². The van der Waals surface area contributed by atoms with Gasteiger partial charge in [0.15, 0.2) is 0 Å². The van der Waals surface area contributed by atoms with E-state index in [1.54, 1.807) is 30.3 Å². The molecular weight excluding hydrogens is 458 g/mol. The molecule has 3 N–H and O–H groups in total. The molecule has 0 aromatic heterocycles. The van der Waals surface area contributed by atoms with Crippen molar-refractivity contribution in [3.05, 3.63) is 60.2 Å². The maximum atomic E-state index is 13.3. The number of phenolic OH excluding ortho intramolecular Hbond substituents is 1. The number of benzene rings is 3. The van der Waals surface area contributed by atoms with Crippen LogP contribution in [-0.2, 0) is 14.8 Å². The first-order valence-electron chi connectivity index (χ1n) is 10.7. The molecule has 10 heteroatoms. The Morgan fingerprint density at radius 3 is 2.62 bits per heavy atom. The summed E-state index contributed by atoms with van der Waals surface area (Å²) in [6.45, 7) is 0.393. The summed E-state index contributed by atoms with van der Waals surface area (Å²) in [5, 5.41) is 14.9. The quantitative estimate of drug-likeness (QED) is 0.495. The van der Waals surface area contributed by atoms with Gasteiger partial charge in [0.25, 0.3) is 5.91 Å². The molecule has 1 fully saturated rings. The van der Waals surface area contributed by atoms with Crippen LogP contribution in [0.5, 0.6) is 11.5 Å². The van der Waals surface area contributed by atoms with Crippen LogP contribution >= 0.6 is 0 Å². The monoisotopic (exact) mass is 483 g/mol. The van der Waals surface area contributed by atoms with E-state index < -0.39 is 22.0 Å². The van der Waals surface area contributed by atoms with Crippen LogP contribution in [0.15, 0.2) is 54.6 Å². The molecular formula is C24H25N3O6S. The second-order valence-corrected chi connectivity index (χ2v) is 9.87. The van der Waals surface area contributed by atoms with E-state index >= 15 is 0 Å². The first-order valence-corrected chi connectivity index (χ1v) is 12.6. The van der Waals surface area contributed by atoms with E-state index in [1.165, 1.54) is 24.1 Å². The Balaban J connectivity index is 1.54. The van der Waals surface area contributed by atoms with E-state index in [0.29, 0.717) is 30.5 Å². The van der Waals surface area contributed by atoms with Crippen LogP contribution in [0.1, 0.15) is 23.2 Å². The van der Waals surface area contributed by atoms with E-state index in [0.717, 1.165) is 11.6 Å². The summed E-state index contributed by atoms with van der Waals surface area (Å²) in [5.74, 6) is -0.653. The number of fused-ring (bicyclic) bond motifs is 1. The molecule has 2 amide bonds. The third-order valence-corrected chi connectivity index (χ3v) is 6.30. The Kier molecular flexibility index (Phi) is 6.34. The number of nitrogens with one attached hydrogen (secondary N) is 2. The predicted octanol–water partition coefficient (Wildman–Crippen LogP) is 3.17. The van der Waals surface area contributed by atoms with E-state index in [9.17, 15) is 23.1 Å². The minimum atomic E-state index is -3.50. The summed E-state index contributed by atoms with van der Waals surface area (Å²) in [6.07, 6.45) is 2.16. The summed E-state index contributed by atoms with van der Waals surface area (Å²) in [6, 6.07) is 14.4. The highest BCUT2D eigenvalue weighted by Crippen LogP contribution is 2.32. The fraction of sp³-hybridized carbons (Fsp3) is 0.250. The first-order chi connectivity index (χ1) is 16.2. The molecule has 1 atom stereocenters. The fourth-order valence-electron chi connectivity index (χ4n) is 4.14. The number of likely N-dealkylation sites (tertiary alicyclic amines) is 1. The number of carbonyl (C=O) groups excluding carboxylic acids is 2. The van der Waals surface area contributed by atoms with Crippen molar-refractivity contribution >= 4 is 44.0 Å². The SMILES string of the molecule is COc1cc(NC(=O)C2CCCN2C(=O)c2ccc3ccccc3c2O)ccc1NS(C)(=O)=O. The van der Waals surface area contributed by atoms with Gasteiger partial charge in [0.05, 0.1) is 24.6 Å². The lowest BCUT2D eigenvalue weighted by atomic mass is 10.0. The van der Waals surface area contributed by atoms with Crippen molar-refractivity contribution < 1.29 is 27.9 Å². The molecule has 0 spiro atoms. The molecule has 4 rings (SSSR count). The summed E-state index contributed by atoms with van der Waals surface area (Å²) in [5.41, 5.74) is 0.789. The van der Waals surface area contributed by atoms with Gasteiger partial charge in [-0.15, -0.1) is 0 Å². The zero-order valence-corrected chi connectivity index (χ0v) is 19.6. The molecule has 0 saturated carbocycles. The van der Waals surface area contributed by atoms with Crippen molar-refractivity contribution in [2.24, 2.45) is 0 Å². The molecule has 0 radical (unpaired) electrons. The van der Waals surface area contributed by atoms with Crippen molar-refractivity contribution in [2.75, 3.05) is 29.9 Å². The van der Waals surface area contributed by atoms with Gasteiger partial charge in [0.2, 0.25) is 15.9 Å². The van der Waals surface area contributed by atoms with Crippen molar-refractivity contribution in [3.8, 4) is 11.5 Å². The van der Waals surface area contributed by atoms with Crippen LogP contribution in [0.3, 0.4) is 0 Å². The standard InChI is InChI=1S/C24H25N3O6S/c1-33-21-14-16(10-12-19(21)26-34(2,31)32)25-23(29)20-8-5-13-27(20)24(30)18-11-9-15-6-3-4-7-17(15)22(18)28/h3-4,6-7,9-12,14,20,26,28H,5,8,13H2,1-2H3,(H,25,29). The van der Waals surface area contributed by atoms with Gasteiger partial charge in [-0.3, -0.25) is 14.3 Å². The zero-order valence-electron chi connectivity index (χ0n) is 18.7. The van der Waals surface area contributed by atoms with Gasteiger partial charge < -0.3 is 20.1 Å². The van der Waals surface area contributed by atoms with Crippen molar-refractivity contribution in [1.29, 1.82) is 0 Å². The largest absolute Gasteiger partial charge is 0.506 e. The predicted molar refractivity (Wildman–Crippen MR) is 130 cm³/mol. The molecule has 1 heterocycles. The topological polar surface area (TPSA) is 125 Å². The van der Waals surface area contributed by atoms with Crippen LogP contribution in [-0.4, -0.2) is 56.2 Å². The maximum Gasteiger partial charge on any atom is 0.258 e. The van der Waals surface area contributed by atoms with Crippen LogP contribution in [0, 0.1) is 0 Å². The second kappa shape index (κ2) is 9.22. The molecule has 9 nitrogen and oxygen atoms in total. The second-order valence-electron chi connectivity index (χ2n) is 8.12. The normalized spacial score (nSPS) is 15.8. The summed E-state index contributed by atoms with van der Waals surface area (Å²) in [4.78, 5) is 27.8. The average Bonchev–Trinajstić information content (AvgIpc) is 3.29. The highest BCUT2D eigenvalue weighted by Gasteiger charge is 2.35. The first kappa shape index (κ1) is 23.4. The molecule has 1 aliphatic rings.